The van der Waals surface area contributed by atoms with E-state index in [-0.39, 0.29) is 0 Å². The van der Waals surface area contributed by atoms with Gasteiger partial charge in [0.1, 0.15) is 5.15 Å². The Labute approximate surface area is 157 Å². The molecule has 134 valence electrons. The number of rotatable bonds is 6. The third-order valence-corrected chi connectivity index (χ3v) is 3.95. The first-order valence-corrected chi connectivity index (χ1v) is 8.62. The van der Waals surface area contributed by atoms with Crippen LogP contribution in [0.4, 0.5) is 0 Å². The van der Waals surface area contributed by atoms with Crippen LogP contribution in [0.1, 0.15) is 11.1 Å². The van der Waals surface area contributed by atoms with Crippen LogP contribution in [0.2, 0.25) is 5.15 Å². The topological polar surface area (TPSA) is 80.0 Å². The predicted octanol–water partition coefficient (Wildman–Crippen LogP) is 2.22. The number of hydrogen-bond acceptors (Lipinski definition) is 4. The fourth-order valence-electron chi connectivity index (χ4n) is 2.39. The second-order valence-electron chi connectivity index (χ2n) is 5.56. The van der Waals surface area contributed by atoms with E-state index in [1.807, 2.05) is 30.5 Å². The number of guanidine groups is 1. The number of hydrogen-bond donors (Lipinski definition) is 2. The van der Waals surface area contributed by atoms with Gasteiger partial charge in [0.2, 0.25) is 0 Å². The van der Waals surface area contributed by atoms with Crippen molar-refractivity contribution in [2.45, 2.75) is 13.0 Å². The second kappa shape index (κ2) is 8.96. The first kappa shape index (κ1) is 17.9. The van der Waals surface area contributed by atoms with Gasteiger partial charge in [0.15, 0.2) is 11.8 Å². The highest BCUT2D eigenvalue weighted by Crippen LogP contribution is 2.06. The molecule has 0 aliphatic heterocycles. The molecule has 7 nitrogen and oxygen atoms in total. The van der Waals surface area contributed by atoms with E-state index in [2.05, 4.69) is 30.7 Å². The molecular weight excluding hydrogens is 350 g/mol. The SMILES string of the molecule is CN=C(NCCc1ccc(Cl)nc1)NCc1ccnc(-n2cccn2)c1. The Bertz CT molecular complexity index is 844. The monoisotopic (exact) mass is 369 g/mol. The van der Waals surface area contributed by atoms with Gasteiger partial charge in [0.25, 0.3) is 0 Å². The molecular formula is C18H20ClN7. The highest BCUT2D eigenvalue weighted by molar-refractivity contribution is 6.29. The van der Waals surface area contributed by atoms with Gasteiger partial charge in [-0.3, -0.25) is 4.99 Å². The molecule has 0 unspecified atom stereocenters. The van der Waals surface area contributed by atoms with Gasteiger partial charge in [-0.25, -0.2) is 14.6 Å². The van der Waals surface area contributed by atoms with Crippen molar-refractivity contribution in [3.63, 3.8) is 0 Å². The Morgan fingerprint density at radius 3 is 2.81 bits per heavy atom. The molecule has 3 heterocycles. The molecule has 3 aromatic heterocycles. The van der Waals surface area contributed by atoms with Crippen LogP contribution in [0.5, 0.6) is 0 Å². The molecule has 0 aromatic carbocycles. The lowest BCUT2D eigenvalue weighted by Gasteiger charge is -2.12. The van der Waals surface area contributed by atoms with E-state index in [0.29, 0.717) is 11.7 Å². The summed E-state index contributed by atoms with van der Waals surface area (Å²) in [6.07, 6.45) is 8.00. The van der Waals surface area contributed by atoms with E-state index in [1.165, 1.54) is 0 Å². The summed E-state index contributed by atoms with van der Waals surface area (Å²) in [6.45, 7) is 1.39. The lowest BCUT2D eigenvalue weighted by atomic mass is 10.2. The summed E-state index contributed by atoms with van der Waals surface area (Å²) in [7, 11) is 1.75. The third kappa shape index (κ3) is 5.03. The van der Waals surface area contributed by atoms with Crippen LogP contribution in [0, 0.1) is 0 Å². The maximum atomic E-state index is 5.80. The van der Waals surface area contributed by atoms with Gasteiger partial charge in [0.05, 0.1) is 0 Å². The van der Waals surface area contributed by atoms with Gasteiger partial charge in [-0.05, 0) is 41.8 Å². The minimum Gasteiger partial charge on any atom is -0.356 e. The highest BCUT2D eigenvalue weighted by Gasteiger charge is 2.02. The summed E-state index contributed by atoms with van der Waals surface area (Å²) in [5.41, 5.74) is 2.21. The molecule has 3 aromatic rings. The van der Waals surface area contributed by atoms with Gasteiger partial charge >= 0.3 is 0 Å². The van der Waals surface area contributed by atoms with E-state index < -0.39 is 0 Å². The Morgan fingerprint density at radius 2 is 2.08 bits per heavy atom. The van der Waals surface area contributed by atoms with Crippen molar-refractivity contribution in [2.24, 2.45) is 4.99 Å². The normalized spacial score (nSPS) is 11.4. The van der Waals surface area contributed by atoms with Crippen LogP contribution in [0.15, 0.2) is 60.1 Å². The Morgan fingerprint density at radius 1 is 1.15 bits per heavy atom. The van der Waals surface area contributed by atoms with Crippen LogP contribution in [0.3, 0.4) is 0 Å². The van der Waals surface area contributed by atoms with Gasteiger partial charge in [-0.15, -0.1) is 0 Å². The molecule has 3 rings (SSSR count). The van der Waals surface area contributed by atoms with Crippen molar-refractivity contribution in [1.82, 2.24) is 30.4 Å². The molecule has 0 saturated carbocycles. The fraction of sp³-hybridized carbons (Fsp3) is 0.222. The average Bonchev–Trinajstić information content (AvgIpc) is 3.21. The fourth-order valence-corrected chi connectivity index (χ4v) is 2.50. The molecule has 0 fully saturated rings. The summed E-state index contributed by atoms with van der Waals surface area (Å²) in [6, 6.07) is 9.60. The van der Waals surface area contributed by atoms with Crippen molar-refractivity contribution >= 4 is 17.6 Å². The lowest BCUT2D eigenvalue weighted by Crippen LogP contribution is -2.37. The largest absolute Gasteiger partial charge is 0.356 e. The minimum atomic E-state index is 0.506. The Kier molecular flexibility index (Phi) is 6.16. The molecule has 0 saturated heterocycles. The molecule has 0 spiro atoms. The molecule has 26 heavy (non-hydrogen) atoms. The van der Waals surface area contributed by atoms with E-state index in [1.54, 1.807) is 36.4 Å². The summed E-state index contributed by atoms with van der Waals surface area (Å²) in [5.74, 6) is 1.52. The molecule has 0 radical (unpaired) electrons. The number of nitrogens with one attached hydrogen (secondary N) is 2. The number of aliphatic imine (C=N–C) groups is 1. The second-order valence-corrected chi connectivity index (χ2v) is 5.95. The molecule has 2 N–H and O–H groups in total. The Hall–Kier alpha value is -2.93. The molecule has 0 aliphatic carbocycles. The smallest absolute Gasteiger partial charge is 0.191 e. The first-order chi connectivity index (χ1) is 12.7. The summed E-state index contributed by atoms with van der Waals surface area (Å²) in [4.78, 5) is 12.7. The maximum Gasteiger partial charge on any atom is 0.191 e. The van der Waals surface area contributed by atoms with Crippen LogP contribution >= 0.6 is 11.6 Å². The van der Waals surface area contributed by atoms with Gasteiger partial charge in [-0.1, -0.05) is 17.7 Å². The number of halogens is 1. The molecule has 8 heteroatoms. The Balaban J connectivity index is 1.49. The standard InChI is InChI=1S/C18H20ClN7/c1-20-18(22-9-5-14-3-4-16(19)23-12-14)24-13-15-6-8-21-17(11-15)26-10-2-7-25-26/h2-4,6-8,10-12H,5,9,13H2,1H3,(H2,20,22,24). The predicted molar refractivity (Wildman–Crippen MR) is 103 cm³/mol. The zero-order valence-corrected chi connectivity index (χ0v) is 15.2. The summed E-state index contributed by atoms with van der Waals surface area (Å²) < 4.78 is 1.73. The van der Waals surface area contributed by atoms with Gasteiger partial charge < -0.3 is 10.6 Å². The summed E-state index contributed by atoms with van der Waals surface area (Å²) >= 11 is 5.80. The number of aromatic nitrogens is 4. The van der Waals surface area contributed by atoms with Crippen molar-refractivity contribution in [1.29, 1.82) is 0 Å². The van der Waals surface area contributed by atoms with E-state index in [9.17, 15) is 0 Å². The maximum absolute atomic E-state index is 5.80. The zero-order valence-electron chi connectivity index (χ0n) is 14.4. The van der Waals surface area contributed by atoms with Crippen molar-refractivity contribution in [3.8, 4) is 5.82 Å². The van der Waals surface area contributed by atoms with Crippen molar-refractivity contribution in [3.05, 3.63) is 71.4 Å². The number of nitrogens with zero attached hydrogens (tertiary/aromatic N) is 5. The zero-order chi connectivity index (χ0) is 18.2. The van der Waals surface area contributed by atoms with E-state index in [4.69, 9.17) is 11.6 Å². The van der Waals surface area contributed by atoms with Crippen molar-refractivity contribution in [2.75, 3.05) is 13.6 Å². The molecule has 0 atom stereocenters. The molecule has 0 bridgehead atoms. The minimum absolute atomic E-state index is 0.506. The van der Waals surface area contributed by atoms with Gasteiger partial charge in [0, 0.05) is 44.9 Å². The quantitative estimate of drug-likeness (QED) is 0.395. The van der Waals surface area contributed by atoms with E-state index in [0.717, 1.165) is 35.9 Å². The van der Waals surface area contributed by atoms with E-state index >= 15 is 0 Å². The first-order valence-electron chi connectivity index (χ1n) is 8.24. The highest BCUT2D eigenvalue weighted by atomic mass is 35.5. The molecule has 0 amide bonds. The molecule has 0 aliphatic rings. The van der Waals surface area contributed by atoms with Crippen LogP contribution in [-0.4, -0.2) is 39.3 Å². The van der Waals surface area contributed by atoms with Crippen LogP contribution in [0.25, 0.3) is 5.82 Å². The summed E-state index contributed by atoms with van der Waals surface area (Å²) in [5, 5.41) is 11.3. The van der Waals surface area contributed by atoms with Gasteiger partial charge in [-0.2, -0.15) is 5.10 Å². The van der Waals surface area contributed by atoms with Crippen molar-refractivity contribution < 1.29 is 0 Å². The lowest BCUT2D eigenvalue weighted by molar-refractivity contribution is 0.788. The van der Waals surface area contributed by atoms with Crippen LogP contribution in [-0.2, 0) is 13.0 Å². The van der Waals surface area contributed by atoms with Crippen LogP contribution < -0.4 is 10.6 Å². The number of pyridine rings is 2. The average molecular weight is 370 g/mol. The third-order valence-electron chi connectivity index (χ3n) is 3.73.